The van der Waals surface area contributed by atoms with Crippen LogP contribution in [0.3, 0.4) is 0 Å². The van der Waals surface area contributed by atoms with E-state index in [1.807, 2.05) is 49.6 Å². The van der Waals surface area contributed by atoms with Gasteiger partial charge in [0.2, 0.25) is 0 Å². The second-order valence-corrected chi connectivity index (χ2v) is 10.6. The highest BCUT2D eigenvalue weighted by molar-refractivity contribution is 7.81. The Kier molecular flexibility index (Phi) is 6.83. The molecular weight excluding hydrogens is 519 g/mol. The first-order valence-corrected chi connectivity index (χ1v) is 13.9. The first-order chi connectivity index (χ1) is 18.6. The van der Waals surface area contributed by atoms with Crippen LogP contribution in [0.4, 0.5) is 3.89 Å². The molecule has 200 valence electrons. The van der Waals surface area contributed by atoms with Crippen LogP contribution < -0.4 is 14.3 Å². The predicted molar refractivity (Wildman–Crippen MR) is 152 cm³/mol. The van der Waals surface area contributed by atoms with Gasteiger partial charge in [0.05, 0.1) is 22.9 Å². The van der Waals surface area contributed by atoms with Crippen molar-refractivity contribution in [3.8, 4) is 35.0 Å². The molecule has 0 saturated heterocycles. The molecule has 0 spiro atoms. The highest BCUT2D eigenvalue weighted by Crippen LogP contribution is 2.38. The summed E-state index contributed by atoms with van der Waals surface area (Å²) in [5, 5.41) is 1.82. The quantitative estimate of drug-likeness (QED) is 0.134. The summed E-state index contributed by atoms with van der Waals surface area (Å²) in [6, 6.07) is 15.1. The molecule has 0 amide bonds. The normalized spacial score (nSPS) is 11.9. The van der Waals surface area contributed by atoms with Crippen LogP contribution >= 0.6 is 0 Å². The Morgan fingerprint density at radius 3 is 2.59 bits per heavy atom. The number of halogens is 1. The molecule has 0 unspecified atom stereocenters. The van der Waals surface area contributed by atoms with Crippen molar-refractivity contribution in [1.29, 1.82) is 0 Å². The van der Waals surface area contributed by atoms with Gasteiger partial charge in [-0.25, -0.2) is 0 Å². The first-order valence-electron chi connectivity index (χ1n) is 12.6. The van der Waals surface area contributed by atoms with Crippen LogP contribution in [0.1, 0.15) is 45.2 Å². The van der Waals surface area contributed by atoms with Crippen LogP contribution in [0.15, 0.2) is 59.4 Å². The molecule has 7 nitrogen and oxygen atoms in total. The zero-order valence-corrected chi connectivity index (χ0v) is 22.6. The summed E-state index contributed by atoms with van der Waals surface area (Å²) in [6.07, 6.45) is 7.31. The summed E-state index contributed by atoms with van der Waals surface area (Å²) in [6.45, 7) is 6.51. The molecule has 0 fully saturated rings. The van der Waals surface area contributed by atoms with E-state index in [-0.39, 0.29) is 17.2 Å². The van der Waals surface area contributed by atoms with E-state index < -0.39 is 10.5 Å². The number of hydrogen-bond acceptors (Lipinski definition) is 5. The molecule has 0 aliphatic rings. The van der Waals surface area contributed by atoms with Gasteiger partial charge in [-0.15, -0.1) is 6.42 Å². The average molecular weight is 547 g/mol. The molecule has 9 heteroatoms. The van der Waals surface area contributed by atoms with Gasteiger partial charge >= 0.3 is 10.5 Å². The van der Waals surface area contributed by atoms with Crippen molar-refractivity contribution in [2.24, 2.45) is 0 Å². The summed E-state index contributed by atoms with van der Waals surface area (Å²) in [5.74, 6) is 2.91. The standard InChI is InChI=1S/C30H27FN2O5S/c1-5-7-13-37-27-17-24-26(16-23(27)20-9-8-10-21(15-20)38-39(31,35)36)33(18(3)4)30-28(29(24)34)22-12-11-19(6-2)14-25(22)32-30/h2,8-12,14-18,32H,5,7,13H2,1,3-4H3. The highest BCUT2D eigenvalue weighted by Gasteiger charge is 2.21. The minimum absolute atomic E-state index is 0.0400. The van der Waals surface area contributed by atoms with E-state index in [1.54, 1.807) is 18.2 Å². The number of H-pyrrole nitrogens is 1. The summed E-state index contributed by atoms with van der Waals surface area (Å²) in [4.78, 5) is 17.4. The third-order valence-electron chi connectivity index (χ3n) is 6.63. The Morgan fingerprint density at radius 2 is 1.90 bits per heavy atom. The van der Waals surface area contributed by atoms with Crippen LogP contribution in [0, 0.1) is 12.3 Å². The maximum absolute atomic E-state index is 14.0. The molecule has 2 heterocycles. The number of benzene rings is 3. The number of ether oxygens (including phenoxy) is 1. The van der Waals surface area contributed by atoms with Crippen LogP contribution in [0.5, 0.6) is 11.5 Å². The lowest BCUT2D eigenvalue weighted by Crippen LogP contribution is -2.13. The Bertz CT molecular complexity index is 1950. The second-order valence-electron chi connectivity index (χ2n) is 9.62. The van der Waals surface area contributed by atoms with Crippen molar-refractivity contribution >= 4 is 43.3 Å². The highest BCUT2D eigenvalue weighted by atomic mass is 32.3. The molecule has 0 aliphatic heterocycles. The minimum Gasteiger partial charge on any atom is -0.493 e. The molecule has 5 rings (SSSR count). The molecule has 2 aromatic heterocycles. The van der Waals surface area contributed by atoms with Gasteiger partial charge < -0.3 is 18.5 Å². The maximum Gasteiger partial charge on any atom is 0.488 e. The van der Waals surface area contributed by atoms with Crippen LogP contribution in [0.25, 0.3) is 44.0 Å². The SMILES string of the molecule is C#Cc1ccc2c(c1)[nH]c1c2c(=O)c2cc(OCCCC)c(-c3cccc(OS(=O)(=O)F)c3)cc2n1C(C)C. The zero-order valence-electron chi connectivity index (χ0n) is 21.7. The van der Waals surface area contributed by atoms with E-state index in [4.69, 9.17) is 11.2 Å². The lowest BCUT2D eigenvalue weighted by molar-refractivity contribution is 0.311. The van der Waals surface area contributed by atoms with E-state index in [1.165, 1.54) is 12.1 Å². The third-order valence-corrected chi connectivity index (χ3v) is 7.02. The van der Waals surface area contributed by atoms with E-state index >= 15 is 0 Å². The van der Waals surface area contributed by atoms with Gasteiger partial charge in [-0.3, -0.25) is 4.79 Å². The molecule has 39 heavy (non-hydrogen) atoms. The van der Waals surface area contributed by atoms with Crippen LogP contribution in [0.2, 0.25) is 0 Å². The predicted octanol–water partition coefficient (Wildman–Crippen LogP) is 6.64. The van der Waals surface area contributed by atoms with Gasteiger partial charge in [0.15, 0.2) is 5.43 Å². The van der Waals surface area contributed by atoms with Crippen molar-refractivity contribution < 1.29 is 21.2 Å². The minimum atomic E-state index is -5.20. The average Bonchev–Trinajstić information content (AvgIpc) is 3.26. The first kappa shape index (κ1) is 26.3. The molecule has 0 aliphatic carbocycles. The summed E-state index contributed by atoms with van der Waals surface area (Å²) in [5.41, 5.74) is 3.80. The maximum atomic E-state index is 14.0. The number of aromatic nitrogens is 2. The number of nitrogens with zero attached hydrogens (tertiary/aromatic N) is 1. The fourth-order valence-electron chi connectivity index (χ4n) is 4.93. The third kappa shape index (κ3) is 4.95. The van der Waals surface area contributed by atoms with Crippen molar-refractivity contribution in [2.45, 2.75) is 39.7 Å². The molecular formula is C30H27FN2O5S. The van der Waals surface area contributed by atoms with Crippen molar-refractivity contribution in [3.63, 3.8) is 0 Å². The Hall–Kier alpha value is -4.29. The van der Waals surface area contributed by atoms with E-state index in [0.29, 0.717) is 51.0 Å². The Labute approximate surface area is 225 Å². The van der Waals surface area contributed by atoms with Crippen molar-refractivity contribution in [3.05, 3.63) is 70.4 Å². The number of terminal acetylenes is 1. The number of unbranched alkanes of at least 4 members (excludes halogenated alkanes) is 1. The lowest BCUT2D eigenvalue weighted by Gasteiger charge is -2.20. The number of fused-ring (bicyclic) bond motifs is 4. The smallest absolute Gasteiger partial charge is 0.488 e. The van der Waals surface area contributed by atoms with Gasteiger partial charge in [-0.05, 0) is 62.2 Å². The van der Waals surface area contributed by atoms with Gasteiger partial charge in [0.25, 0.3) is 0 Å². The molecule has 0 saturated carbocycles. The molecule has 3 aromatic carbocycles. The molecule has 1 N–H and O–H groups in total. The van der Waals surface area contributed by atoms with Crippen LogP contribution in [-0.4, -0.2) is 24.6 Å². The summed E-state index contributed by atoms with van der Waals surface area (Å²) >= 11 is 0. The Balaban J connectivity index is 1.85. The fourth-order valence-corrected chi connectivity index (χ4v) is 5.26. The van der Waals surface area contributed by atoms with Crippen molar-refractivity contribution in [1.82, 2.24) is 9.55 Å². The van der Waals surface area contributed by atoms with Gasteiger partial charge in [0, 0.05) is 28.1 Å². The van der Waals surface area contributed by atoms with Gasteiger partial charge in [0.1, 0.15) is 17.1 Å². The monoisotopic (exact) mass is 546 g/mol. The number of pyridine rings is 1. The number of rotatable bonds is 8. The largest absolute Gasteiger partial charge is 0.493 e. The number of nitrogens with one attached hydrogen (secondary N) is 1. The molecule has 0 atom stereocenters. The number of aromatic amines is 1. The van der Waals surface area contributed by atoms with Gasteiger partial charge in [-0.2, -0.15) is 8.42 Å². The molecule has 0 bridgehead atoms. The van der Waals surface area contributed by atoms with E-state index in [9.17, 15) is 17.1 Å². The van der Waals surface area contributed by atoms with Gasteiger partial charge in [-0.1, -0.05) is 41.3 Å². The molecule has 5 aromatic rings. The number of hydrogen-bond donors (Lipinski definition) is 1. The zero-order chi connectivity index (χ0) is 27.9. The summed E-state index contributed by atoms with van der Waals surface area (Å²) < 4.78 is 48.1. The topological polar surface area (TPSA) is 90.4 Å². The van der Waals surface area contributed by atoms with E-state index in [0.717, 1.165) is 23.7 Å². The Morgan fingerprint density at radius 1 is 1.10 bits per heavy atom. The van der Waals surface area contributed by atoms with Crippen LogP contribution in [-0.2, 0) is 10.5 Å². The second kappa shape index (κ2) is 10.1. The summed E-state index contributed by atoms with van der Waals surface area (Å²) in [7, 11) is -5.20. The fraction of sp³-hybridized carbons (Fsp3) is 0.233. The molecule has 0 radical (unpaired) electrons. The van der Waals surface area contributed by atoms with Crippen molar-refractivity contribution in [2.75, 3.05) is 6.61 Å². The van der Waals surface area contributed by atoms with E-state index in [2.05, 4.69) is 15.1 Å². The lowest BCUT2D eigenvalue weighted by atomic mass is 10.00.